The summed E-state index contributed by atoms with van der Waals surface area (Å²) in [4.78, 5) is 55.5. The summed E-state index contributed by atoms with van der Waals surface area (Å²) in [5.74, 6) is -1.48. The third-order valence-electron chi connectivity index (χ3n) is 13.4. The van der Waals surface area contributed by atoms with Gasteiger partial charge in [0.2, 0.25) is 0 Å². The number of esters is 2. The fourth-order valence-corrected chi connectivity index (χ4v) is 14.0. The van der Waals surface area contributed by atoms with Crippen molar-refractivity contribution in [2.45, 2.75) is 122 Å². The minimum Gasteiger partial charge on any atom is -0.457 e. The topological polar surface area (TPSA) is 156 Å². The first-order valence-corrected chi connectivity index (χ1v) is 28.0. The van der Waals surface area contributed by atoms with Gasteiger partial charge in [0.25, 0.3) is 8.32 Å². The number of Topliss-reactive ketones (excluding diaryl/α,β-unsaturated/α-hetero) is 1. The maximum atomic E-state index is 14.2. The van der Waals surface area contributed by atoms with Crippen molar-refractivity contribution in [1.29, 1.82) is 0 Å². The second-order valence-electron chi connectivity index (χ2n) is 20.0. The van der Waals surface area contributed by atoms with Gasteiger partial charge in [-0.25, -0.2) is 9.59 Å². The summed E-state index contributed by atoms with van der Waals surface area (Å²) < 4.78 is 46.4. The summed E-state index contributed by atoms with van der Waals surface area (Å²) in [5, 5.41) is 11.1. The van der Waals surface area contributed by atoms with E-state index in [4.69, 9.17) is 32.8 Å². The number of nitrogens with zero attached hydrogens (tertiary/aromatic N) is 1. The number of unbranched alkanes of at least 4 members (excludes halogenated alkanes) is 2. The number of ketones is 1. The van der Waals surface area contributed by atoms with Gasteiger partial charge in [-0.3, -0.25) is 4.79 Å². The molecule has 5 atom stereocenters. The zero-order chi connectivity index (χ0) is 53.8. The summed E-state index contributed by atoms with van der Waals surface area (Å²) in [5.41, 5.74) is 3.65. The van der Waals surface area contributed by atoms with Crippen LogP contribution in [-0.2, 0) is 68.8 Å². The maximum absolute atomic E-state index is 14.2. The third kappa shape index (κ3) is 15.9. The van der Waals surface area contributed by atoms with Gasteiger partial charge in [0.05, 0.1) is 31.8 Å². The number of ether oxygens (including phenoxy) is 6. The Kier molecular flexibility index (Phi) is 21.3. The van der Waals surface area contributed by atoms with Crippen molar-refractivity contribution in [3.05, 3.63) is 204 Å². The molecule has 76 heavy (non-hydrogen) atoms. The van der Waals surface area contributed by atoms with Crippen LogP contribution in [0.5, 0.6) is 0 Å². The Morgan fingerprint density at radius 3 is 1.72 bits per heavy atom. The zero-order valence-electron chi connectivity index (χ0n) is 44.0. The normalized spacial score (nSPS) is 17.6. The largest absolute Gasteiger partial charge is 0.457 e. The number of rotatable bonds is 26. The molecule has 1 amide bonds. The quantitative estimate of drug-likeness (QED) is 0.0238. The van der Waals surface area contributed by atoms with Gasteiger partial charge in [-0.15, -0.1) is 0 Å². The van der Waals surface area contributed by atoms with Crippen LogP contribution in [0, 0.1) is 0 Å². The van der Waals surface area contributed by atoms with Crippen molar-refractivity contribution < 1.29 is 57.1 Å². The Morgan fingerprint density at radius 2 is 1.14 bits per heavy atom. The molecule has 0 radical (unpaired) electrons. The molecule has 1 N–H and O–H groups in total. The Labute approximate surface area is 448 Å². The number of hydrogen-bond donors (Lipinski definition) is 1. The van der Waals surface area contributed by atoms with E-state index in [0.29, 0.717) is 32.4 Å². The summed E-state index contributed by atoms with van der Waals surface area (Å²) in [7, 11) is -3.22. The van der Waals surface area contributed by atoms with Crippen molar-refractivity contribution in [2.24, 2.45) is 0 Å². The third-order valence-corrected chi connectivity index (χ3v) is 18.4. The van der Waals surface area contributed by atoms with Crippen molar-refractivity contribution in [2.75, 3.05) is 19.8 Å². The van der Waals surface area contributed by atoms with E-state index >= 15 is 0 Å². The first-order valence-electron chi connectivity index (χ1n) is 26.1. The van der Waals surface area contributed by atoms with Gasteiger partial charge in [0.1, 0.15) is 24.6 Å². The van der Waals surface area contributed by atoms with Crippen LogP contribution in [-0.4, -0.2) is 92.6 Å². The second-order valence-corrected chi connectivity index (χ2v) is 24.3. The minimum absolute atomic E-state index is 0.0327. The molecule has 6 aromatic rings. The van der Waals surface area contributed by atoms with Crippen LogP contribution >= 0.6 is 0 Å². The van der Waals surface area contributed by atoms with Crippen LogP contribution in [0.15, 0.2) is 176 Å². The molecular weight excluding hydrogens is 979 g/mol. The van der Waals surface area contributed by atoms with Crippen LogP contribution < -0.4 is 10.4 Å². The molecule has 1 aliphatic rings. The molecule has 6 aromatic carbocycles. The lowest BCUT2D eigenvalue weighted by Crippen LogP contribution is -2.68. The highest BCUT2D eigenvalue weighted by atomic mass is 28.4. The van der Waals surface area contributed by atoms with Gasteiger partial charge < -0.3 is 47.6 Å². The summed E-state index contributed by atoms with van der Waals surface area (Å²) in [6.45, 7) is 8.82. The molecule has 1 fully saturated rings. The number of hydrogen-bond acceptors (Lipinski definition) is 12. The first-order chi connectivity index (χ1) is 36.8. The van der Waals surface area contributed by atoms with Crippen LogP contribution in [0.3, 0.4) is 0 Å². The van der Waals surface area contributed by atoms with Crippen molar-refractivity contribution in [3.63, 3.8) is 0 Å². The van der Waals surface area contributed by atoms with E-state index in [2.05, 4.69) is 45.0 Å². The molecule has 0 saturated carbocycles. The molecule has 1 aliphatic heterocycles. The highest BCUT2D eigenvalue weighted by Gasteiger charge is 2.55. The lowest BCUT2D eigenvalue weighted by atomic mass is 9.97. The number of aliphatic hydroxyl groups is 1. The van der Waals surface area contributed by atoms with E-state index in [1.807, 2.05) is 109 Å². The smallest absolute Gasteiger partial charge is 0.410 e. The summed E-state index contributed by atoms with van der Waals surface area (Å²) in [6.07, 6.45) is -4.74. The molecule has 7 rings (SSSR count). The van der Waals surface area contributed by atoms with E-state index in [0.717, 1.165) is 32.6 Å². The number of benzene rings is 6. The molecule has 0 bridgehead atoms. The lowest BCUT2D eigenvalue weighted by Gasteiger charge is -2.47. The number of carbonyl (C=O) groups is 4. The predicted octanol–water partition coefficient (Wildman–Crippen LogP) is 9.90. The van der Waals surface area contributed by atoms with Crippen LogP contribution in [0.1, 0.15) is 92.4 Å². The van der Waals surface area contributed by atoms with E-state index in [9.17, 15) is 24.3 Å². The average Bonchev–Trinajstić information content (AvgIpc) is 3.46. The summed E-state index contributed by atoms with van der Waals surface area (Å²) in [6, 6.07) is 55.4. The van der Waals surface area contributed by atoms with Gasteiger partial charge in [0.15, 0.2) is 18.5 Å². The van der Waals surface area contributed by atoms with Gasteiger partial charge >= 0.3 is 18.0 Å². The molecule has 0 aromatic heterocycles. The van der Waals surface area contributed by atoms with Gasteiger partial charge in [-0.2, -0.15) is 0 Å². The zero-order valence-corrected chi connectivity index (χ0v) is 45.0. The van der Waals surface area contributed by atoms with E-state index in [-0.39, 0.29) is 57.2 Å². The van der Waals surface area contributed by atoms with Crippen LogP contribution in [0.2, 0.25) is 5.04 Å². The number of carbonyl (C=O) groups excluding carboxylic acids is 4. The number of aliphatic hydroxyl groups excluding tert-OH is 1. The van der Waals surface area contributed by atoms with E-state index < -0.39 is 62.1 Å². The molecule has 1 heterocycles. The Morgan fingerprint density at radius 1 is 0.592 bits per heavy atom. The Bertz CT molecular complexity index is 2670. The Balaban J connectivity index is 1.17. The monoisotopic (exact) mass is 1050 g/mol. The predicted molar refractivity (Wildman–Crippen MR) is 292 cm³/mol. The lowest BCUT2D eigenvalue weighted by molar-refractivity contribution is -0.309. The molecule has 0 unspecified atom stereocenters. The molecule has 0 aliphatic carbocycles. The van der Waals surface area contributed by atoms with Crippen molar-refractivity contribution in [1.82, 2.24) is 4.90 Å². The first kappa shape index (κ1) is 56.9. The van der Waals surface area contributed by atoms with Crippen LogP contribution in [0.4, 0.5) is 4.79 Å². The molecule has 14 heteroatoms. The average molecular weight is 1050 g/mol. The molecular formula is C62H71NO12Si. The molecule has 13 nitrogen and oxygen atoms in total. The van der Waals surface area contributed by atoms with Gasteiger partial charge in [-0.1, -0.05) is 185 Å². The maximum Gasteiger partial charge on any atom is 0.410 e. The fraction of sp³-hybridized carbons (Fsp3) is 0.355. The summed E-state index contributed by atoms with van der Waals surface area (Å²) >= 11 is 0. The SMILES string of the molecule is CC(=O)CCC(=O)O[C@H]1[C@H](OCc2ccccc2)[C@@H](OC(=O)c2ccccc2)[C@H](OCCCCCN(Cc2ccccc2)C(=O)OCc2ccc(CO)cc2)O[C@H]1CO[Si](c1ccccc1)(c1ccccc1)C(C)(C)C. The van der Waals surface area contributed by atoms with Crippen molar-refractivity contribution in [3.8, 4) is 0 Å². The second kappa shape index (κ2) is 28.4. The van der Waals surface area contributed by atoms with E-state index in [1.165, 1.54) is 6.92 Å². The fourth-order valence-electron chi connectivity index (χ4n) is 9.39. The van der Waals surface area contributed by atoms with Crippen LogP contribution in [0.25, 0.3) is 0 Å². The minimum atomic E-state index is -3.22. The molecule has 0 spiro atoms. The highest BCUT2D eigenvalue weighted by molar-refractivity contribution is 6.99. The number of amides is 1. The van der Waals surface area contributed by atoms with Gasteiger partial charge in [-0.05, 0) is 76.0 Å². The van der Waals surface area contributed by atoms with Gasteiger partial charge in [0, 0.05) is 26.1 Å². The van der Waals surface area contributed by atoms with Crippen molar-refractivity contribution >= 4 is 42.5 Å². The highest BCUT2D eigenvalue weighted by Crippen LogP contribution is 2.38. The molecule has 1 saturated heterocycles. The Hall–Kier alpha value is -6.78. The molecule has 400 valence electrons. The van der Waals surface area contributed by atoms with E-state index in [1.54, 1.807) is 47.4 Å². The standard InChI is InChI=1S/C62H71NO12Si/c1-46(65)33-38-55(66)74-56-54(45-72-76(62(2,3)4,52-29-17-8-18-30-52)53-31-19-9-20-32-53)73-60(58(75-59(67)51-27-15-7-16-28-51)57(56)70-43-49-25-13-6-14-26-49)69-40-22-10-21-39-63(41-47-23-11-5-12-24-47)61(68)71-44-50-36-34-48(42-64)35-37-50/h5-9,11-20,23-32,34-37,54,56-58,60,64H,10,21-22,33,38-45H2,1-4H3/t54-,56+,57-,58+,60+/m0/s1.